The van der Waals surface area contributed by atoms with Gasteiger partial charge in [0.15, 0.2) is 0 Å². The van der Waals surface area contributed by atoms with Crippen molar-refractivity contribution < 1.29 is 4.42 Å². The van der Waals surface area contributed by atoms with E-state index in [9.17, 15) is 0 Å². The Morgan fingerprint density at radius 1 is 0.667 bits per heavy atom. The van der Waals surface area contributed by atoms with Crippen LogP contribution in [0.25, 0.3) is 71.1 Å². The summed E-state index contributed by atoms with van der Waals surface area (Å²) in [7, 11) is 0. The van der Waals surface area contributed by atoms with Crippen LogP contribution in [0, 0.1) is 0 Å². The molecule has 0 N–H and O–H groups in total. The number of benzene rings is 7. The highest BCUT2D eigenvalue weighted by atomic mass is 16.3. The lowest BCUT2D eigenvalue weighted by atomic mass is 9.46. The SMILES string of the molecule is CCCCCc1ccc(N2B3c4oc5cc6c(cc5c4-n4c5cc7ccccc7cc5c5c7ccccc7c(c3c54)-c3ccccc32)C(C)(C)CCC6(C)C)cc1. The number of aryl methyl sites for hydroxylation is 1. The van der Waals surface area contributed by atoms with E-state index in [2.05, 4.69) is 165 Å². The molecule has 278 valence electrons. The van der Waals surface area contributed by atoms with E-state index < -0.39 is 0 Å². The van der Waals surface area contributed by atoms with E-state index >= 15 is 0 Å². The predicted octanol–water partition coefficient (Wildman–Crippen LogP) is 13.2. The lowest BCUT2D eigenvalue weighted by molar-refractivity contribution is 0.332. The van der Waals surface area contributed by atoms with Crippen LogP contribution in [0.1, 0.15) is 83.4 Å². The monoisotopic (exact) mass is 738 g/mol. The minimum absolute atomic E-state index is 0.0676. The van der Waals surface area contributed by atoms with Crippen LogP contribution in [0.5, 0.6) is 0 Å². The van der Waals surface area contributed by atoms with Gasteiger partial charge in [-0.25, -0.2) is 0 Å². The first-order chi connectivity index (χ1) is 27.7. The molecule has 0 spiro atoms. The second-order valence-electron chi connectivity index (χ2n) is 18.5. The summed E-state index contributed by atoms with van der Waals surface area (Å²) in [5.41, 5.74) is 16.6. The van der Waals surface area contributed by atoms with Gasteiger partial charge < -0.3 is 13.8 Å². The standard InChI is InChI=1S/C53H47BN2O/c1-6-7-8-15-32-22-24-35(25-23-32)56-43-21-14-13-20-38(43)46-36-18-11-12-19-37(36)47-39-28-33-16-9-10-17-34(33)29-44(39)55-49-40-30-41-42(53(4,5)27-26-52(41,2)3)31-45(40)57-51(49)54(56)48(46)50(47)55/h9-14,16-25,28-31H,6-8,15,26-27H2,1-5H3. The van der Waals surface area contributed by atoms with Gasteiger partial charge in [-0.15, -0.1) is 0 Å². The van der Waals surface area contributed by atoms with Crippen molar-refractivity contribution in [3.05, 3.63) is 138 Å². The molecule has 0 amide bonds. The minimum atomic E-state index is -0.167. The fraction of sp³-hybridized carbons (Fsp3) is 0.245. The molecule has 0 bridgehead atoms. The van der Waals surface area contributed by atoms with Gasteiger partial charge in [0.05, 0.1) is 16.7 Å². The Morgan fingerprint density at radius 3 is 2.12 bits per heavy atom. The number of furan rings is 1. The molecular weight excluding hydrogens is 691 g/mol. The van der Waals surface area contributed by atoms with Gasteiger partial charge in [0, 0.05) is 33.1 Å². The molecule has 4 heteroatoms. The molecule has 3 aliphatic rings. The average molecular weight is 739 g/mol. The smallest absolute Gasteiger partial charge is 0.375 e. The average Bonchev–Trinajstić information content (AvgIpc) is 3.76. The van der Waals surface area contributed by atoms with Crippen molar-refractivity contribution in [2.75, 3.05) is 4.81 Å². The van der Waals surface area contributed by atoms with Crippen LogP contribution in [-0.2, 0) is 17.3 Å². The summed E-state index contributed by atoms with van der Waals surface area (Å²) in [6.07, 6.45) is 7.17. The predicted molar refractivity (Wildman–Crippen MR) is 243 cm³/mol. The first-order valence-corrected chi connectivity index (χ1v) is 21.2. The van der Waals surface area contributed by atoms with Crippen molar-refractivity contribution in [2.24, 2.45) is 0 Å². The Bertz CT molecular complexity index is 3160. The van der Waals surface area contributed by atoms with E-state index in [4.69, 9.17) is 4.42 Å². The number of para-hydroxylation sites is 1. The van der Waals surface area contributed by atoms with Gasteiger partial charge in [0.25, 0.3) is 0 Å². The molecule has 3 nitrogen and oxygen atoms in total. The van der Waals surface area contributed by atoms with Gasteiger partial charge in [-0.05, 0) is 128 Å². The summed E-state index contributed by atoms with van der Waals surface area (Å²) < 4.78 is 10.1. The fourth-order valence-corrected chi connectivity index (χ4v) is 11.2. The fourth-order valence-electron chi connectivity index (χ4n) is 11.2. The Labute approximate surface area is 335 Å². The Hall–Kier alpha value is -5.74. The third-order valence-electron chi connectivity index (χ3n) is 14.2. The number of hydrogen-bond acceptors (Lipinski definition) is 2. The van der Waals surface area contributed by atoms with Crippen molar-refractivity contribution >= 4 is 83.7 Å². The van der Waals surface area contributed by atoms with Crippen LogP contribution in [0.4, 0.5) is 11.4 Å². The third-order valence-corrected chi connectivity index (χ3v) is 14.2. The van der Waals surface area contributed by atoms with Gasteiger partial charge in [-0.1, -0.05) is 126 Å². The second kappa shape index (κ2) is 11.7. The van der Waals surface area contributed by atoms with Crippen LogP contribution in [0.3, 0.4) is 0 Å². The summed E-state index contributed by atoms with van der Waals surface area (Å²) in [6.45, 7) is 11.8. The molecule has 0 saturated carbocycles. The molecule has 57 heavy (non-hydrogen) atoms. The zero-order valence-corrected chi connectivity index (χ0v) is 33.7. The van der Waals surface area contributed by atoms with E-state index in [1.807, 2.05) is 0 Å². The minimum Gasteiger partial charge on any atom is -0.466 e. The molecule has 0 atom stereocenters. The Kier molecular flexibility index (Phi) is 6.84. The number of aromatic nitrogens is 1. The van der Waals surface area contributed by atoms with Gasteiger partial charge >= 0.3 is 6.85 Å². The summed E-state index contributed by atoms with van der Waals surface area (Å²) in [6, 6.07) is 46.4. The Balaban J connectivity index is 1.27. The van der Waals surface area contributed by atoms with Crippen LogP contribution in [0.2, 0.25) is 0 Å². The number of unbranched alkanes of at least 4 members (excludes halogenated alkanes) is 2. The quantitative estimate of drug-likeness (QED) is 0.130. The van der Waals surface area contributed by atoms with E-state index in [0.29, 0.717) is 0 Å². The molecule has 12 rings (SSSR count). The second-order valence-corrected chi connectivity index (χ2v) is 18.5. The molecule has 9 aromatic rings. The third kappa shape index (κ3) is 4.50. The van der Waals surface area contributed by atoms with Crippen LogP contribution in [0.15, 0.2) is 126 Å². The topological polar surface area (TPSA) is 21.3 Å². The number of nitrogens with zero attached hydrogens (tertiary/aromatic N) is 2. The molecule has 2 aromatic heterocycles. The van der Waals surface area contributed by atoms with E-state index in [0.717, 1.165) is 24.1 Å². The highest BCUT2D eigenvalue weighted by Gasteiger charge is 2.48. The van der Waals surface area contributed by atoms with Crippen molar-refractivity contribution in [3.63, 3.8) is 0 Å². The number of hydrogen-bond donors (Lipinski definition) is 0. The van der Waals surface area contributed by atoms with E-state index in [1.165, 1.54) is 125 Å². The zero-order valence-electron chi connectivity index (χ0n) is 33.7. The molecule has 2 aliphatic heterocycles. The highest BCUT2D eigenvalue weighted by Crippen LogP contribution is 2.52. The van der Waals surface area contributed by atoms with Crippen LogP contribution in [-0.4, -0.2) is 11.4 Å². The van der Waals surface area contributed by atoms with Gasteiger partial charge in [-0.2, -0.15) is 0 Å². The molecule has 0 unspecified atom stereocenters. The number of fused-ring (bicyclic) bond motifs is 15. The van der Waals surface area contributed by atoms with Crippen molar-refractivity contribution in [1.29, 1.82) is 0 Å². The summed E-state index contributed by atoms with van der Waals surface area (Å²) in [5, 5.41) is 8.97. The first kappa shape index (κ1) is 33.4. The maximum absolute atomic E-state index is 7.51. The van der Waals surface area contributed by atoms with Crippen molar-refractivity contribution in [1.82, 2.24) is 4.57 Å². The molecule has 0 fully saturated rings. The zero-order chi connectivity index (χ0) is 38.4. The molecule has 1 aliphatic carbocycles. The summed E-state index contributed by atoms with van der Waals surface area (Å²) >= 11 is 0. The summed E-state index contributed by atoms with van der Waals surface area (Å²) in [5.74, 6) is 0. The summed E-state index contributed by atoms with van der Waals surface area (Å²) in [4.78, 5) is 2.61. The maximum Gasteiger partial charge on any atom is 0.375 e. The van der Waals surface area contributed by atoms with Crippen molar-refractivity contribution in [2.45, 2.75) is 84.0 Å². The van der Waals surface area contributed by atoms with Gasteiger partial charge in [-0.3, -0.25) is 0 Å². The normalized spacial score (nSPS) is 16.2. The maximum atomic E-state index is 7.51. The van der Waals surface area contributed by atoms with Gasteiger partial charge in [0.1, 0.15) is 11.2 Å². The molecule has 0 radical (unpaired) electrons. The highest BCUT2D eigenvalue weighted by molar-refractivity contribution is 6.93. The Morgan fingerprint density at radius 2 is 1.35 bits per heavy atom. The van der Waals surface area contributed by atoms with E-state index in [1.54, 1.807) is 0 Å². The lowest BCUT2D eigenvalue weighted by Gasteiger charge is -2.41. The largest absolute Gasteiger partial charge is 0.466 e. The van der Waals surface area contributed by atoms with Crippen LogP contribution >= 0.6 is 0 Å². The van der Waals surface area contributed by atoms with Crippen molar-refractivity contribution in [3.8, 4) is 16.8 Å². The molecule has 7 aromatic carbocycles. The molecule has 0 saturated heterocycles. The lowest BCUT2D eigenvalue weighted by Crippen LogP contribution is -2.60. The van der Waals surface area contributed by atoms with E-state index in [-0.39, 0.29) is 17.7 Å². The first-order valence-electron chi connectivity index (χ1n) is 21.2. The molecular formula is C53H47BN2O. The number of rotatable bonds is 5. The number of anilines is 2. The van der Waals surface area contributed by atoms with Crippen LogP contribution < -0.4 is 15.9 Å². The molecule has 4 heterocycles. The van der Waals surface area contributed by atoms with Gasteiger partial charge in [0.2, 0.25) is 0 Å².